The first-order valence-corrected chi connectivity index (χ1v) is 7.74. The van der Waals surface area contributed by atoms with E-state index in [1.165, 1.54) is 6.07 Å². The maximum Gasteiger partial charge on any atom is 0.346 e. The molecule has 2 aromatic carbocycles. The van der Waals surface area contributed by atoms with Crippen LogP contribution in [0.2, 0.25) is 0 Å². The predicted octanol–water partition coefficient (Wildman–Crippen LogP) is 2.29. The third kappa shape index (κ3) is 3.14. The molecule has 132 valence electrons. The van der Waals surface area contributed by atoms with Gasteiger partial charge >= 0.3 is 11.6 Å². The van der Waals surface area contributed by atoms with E-state index in [1.807, 2.05) is 31.2 Å². The highest BCUT2D eigenvalue weighted by atomic mass is 16.5. The zero-order chi connectivity index (χ0) is 18.8. The summed E-state index contributed by atoms with van der Waals surface area (Å²) in [5.41, 5.74) is 1.20. The maximum absolute atomic E-state index is 12.4. The van der Waals surface area contributed by atoms with Crippen molar-refractivity contribution in [3.05, 3.63) is 64.0 Å². The Bertz CT molecular complexity index is 1080. The number of aryl methyl sites for hydroxylation is 1. The molecule has 3 rings (SSSR count). The second kappa shape index (κ2) is 6.72. The van der Waals surface area contributed by atoms with Gasteiger partial charge in [-0.1, -0.05) is 42.0 Å². The van der Waals surface area contributed by atoms with Gasteiger partial charge < -0.3 is 19.9 Å². The number of nitrogens with one attached hydrogen (secondary N) is 1. The van der Waals surface area contributed by atoms with Gasteiger partial charge in [-0.2, -0.15) is 0 Å². The number of fused-ring (bicyclic) bond motifs is 1. The summed E-state index contributed by atoms with van der Waals surface area (Å²) >= 11 is 0. The summed E-state index contributed by atoms with van der Waals surface area (Å²) in [6.07, 6.45) is 0. The minimum atomic E-state index is -1.24. The molecule has 0 saturated carbocycles. The van der Waals surface area contributed by atoms with Gasteiger partial charge in [0.1, 0.15) is 12.1 Å². The van der Waals surface area contributed by atoms with Gasteiger partial charge in [0.25, 0.3) is 11.9 Å². The normalized spacial score (nSPS) is 10.7. The van der Waals surface area contributed by atoms with Crippen molar-refractivity contribution in [2.45, 2.75) is 6.92 Å². The van der Waals surface area contributed by atoms with E-state index < -0.39 is 30.0 Å². The van der Waals surface area contributed by atoms with Crippen LogP contribution in [-0.4, -0.2) is 28.6 Å². The van der Waals surface area contributed by atoms with E-state index in [-0.39, 0.29) is 16.3 Å². The van der Waals surface area contributed by atoms with Crippen LogP contribution in [0.15, 0.2) is 51.7 Å². The number of aliphatic carboxylic acids is 1. The monoisotopic (exact) mass is 353 g/mol. The van der Waals surface area contributed by atoms with Crippen LogP contribution in [0, 0.1) is 6.92 Å². The molecule has 0 atom stereocenters. The number of carboxylic acids is 1. The molecule has 26 heavy (non-hydrogen) atoms. The largest absolute Gasteiger partial charge is 0.480 e. The van der Waals surface area contributed by atoms with Crippen LogP contribution in [0.1, 0.15) is 15.9 Å². The fourth-order valence-corrected chi connectivity index (χ4v) is 2.80. The first-order chi connectivity index (χ1) is 12.4. The molecule has 7 heteroatoms. The molecule has 1 aromatic heterocycles. The summed E-state index contributed by atoms with van der Waals surface area (Å²) < 4.78 is 4.76. The van der Waals surface area contributed by atoms with E-state index in [0.717, 1.165) is 11.1 Å². The molecule has 7 nitrogen and oxygen atoms in total. The van der Waals surface area contributed by atoms with Crippen molar-refractivity contribution >= 4 is 22.6 Å². The summed E-state index contributed by atoms with van der Waals surface area (Å²) in [6, 6.07) is 12.3. The number of benzene rings is 2. The van der Waals surface area contributed by atoms with Gasteiger partial charge in [0, 0.05) is 5.39 Å². The van der Waals surface area contributed by atoms with Crippen LogP contribution in [0.5, 0.6) is 5.95 Å². The lowest BCUT2D eigenvalue weighted by Crippen LogP contribution is -2.29. The second-order valence-corrected chi connectivity index (χ2v) is 5.74. The van der Waals surface area contributed by atoms with Gasteiger partial charge in [-0.15, -0.1) is 0 Å². The van der Waals surface area contributed by atoms with Crippen LogP contribution in [0.4, 0.5) is 0 Å². The Morgan fingerprint density at radius 1 is 1.15 bits per heavy atom. The summed E-state index contributed by atoms with van der Waals surface area (Å²) in [7, 11) is 0. The predicted molar refractivity (Wildman–Crippen MR) is 94.3 cm³/mol. The highest BCUT2D eigenvalue weighted by Gasteiger charge is 2.23. The first-order valence-electron chi connectivity index (χ1n) is 7.74. The van der Waals surface area contributed by atoms with E-state index in [4.69, 9.17) is 9.52 Å². The third-order valence-electron chi connectivity index (χ3n) is 3.89. The molecule has 0 unspecified atom stereocenters. The summed E-state index contributed by atoms with van der Waals surface area (Å²) in [4.78, 5) is 35.3. The van der Waals surface area contributed by atoms with Crippen molar-refractivity contribution in [2.24, 2.45) is 0 Å². The SMILES string of the molecule is Cc1cccc(-c2cccc3c(=O)oc(O)c(C(=O)NCC(=O)O)c23)c1. The van der Waals surface area contributed by atoms with Crippen molar-refractivity contribution in [3.63, 3.8) is 0 Å². The molecule has 0 aliphatic rings. The van der Waals surface area contributed by atoms with Gasteiger partial charge in [-0.25, -0.2) is 4.79 Å². The van der Waals surface area contributed by atoms with E-state index in [9.17, 15) is 19.5 Å². The second-order valence-electron chi connectivity index (χ2n) is 5.74. The van der Waals surface area contributed by atoms with E-state index in [0.29, 0.717) is 5.56 Å². The standard InChI is InChI=1S/C19H15NO6/c1-10-4-2-5-11(8-10)12-6-3-7-13-15(12)16(19(25)26-18(13)24)17(23)20-9-14(21)22/h2-8,25H,9H2,1H3,(H,20,23)(H,21,22). The smallest absolute Gasteiger partial charge is 0.346 e. The highest BCUT2D eigenvalue weighted by Crippen LogP contribution is 2.33. The molecule has 3 N–H and O–H groups in total. The number of carbonyl (C=O) groups is 2. The highest BCUT2D eigenvalue weighted by molar-refractivity contribution is 6.13. The number of aromatic hydroxyl groups is 1. The van der Waals surface area contributed by atoms with Crippen LogP contribution >= 0.6 is 0 Å². The molecule has 0 radical (unpaired) electrons. The van der Waals surface area contributed by atoms with Crippen LogP contribution < -0.4 is 10.9 Å². The third-order valence-corrected chi connectivity index (χ3v) is 3.89. The van der Waals surface area contributed by atoms with Crippen molar-refractivity contribution in [3.8, 4) is 17.1 Å². The summed E-state index contributed by atoms with van der Waals surface area (Å²) in [6.45, 7) is 1.27. The molecular formula is C19H15NO6. The maximum atomic E-state index is 12.4. The first kappa shape index (κ1) is 17.2. The number of hydrogen-bond acceptors (Lipinski definition) is 5. The lowest BCUT2D eigenvalue weighted by atomic mass is 9.95. The van der Waals surface area contributed by atoms with Gasteiger partial charge in [0.05, 0.1) is 5.39 Å². The average Bonchev–Trinajstić information content (AvgIpc) is 2.59. The van der Waals surface area contributed by atoms with E-state index >= 15 is 0 Å². The fraction of sp³-hybridized carbons (Fsp3) is 0.105. The fourth-order valence-electron chi connectivity index (χ4n) is 2.80. The van der Waals surface area contributed by atoms with Crippen molar-refractivity contribution < 1.29 is 24.2 Å². The Labute approximate surface area is 147 Å². The lowest BCUT2D eigenvalue weighted by Gasteiger charge is -2.12. The van der Waals surface area contributed by atoms with Gasteiger partial charge in [-0.3, -0.25) is 9.59 Å². The van der Waals surface area contributed by atoms with Crippen LogP contribution in [-0.2, 0) is 4.79 Å². The molecule has 0 spiro atoms. The minimum Gasteiger partial charge on any atom is -0.480 e. The van der Waals surface area contributed by atoms with Crippen LogP contribution in [0.25, 0.3) is 21.9 Å². The molecule has 0 aliphatic carbocycles. The quantitative estimate of drug-likeness (QED) is 0.662. The summed E-state index contributed by atoms with van der Waals surface area (Å²) in [5, 5.41) is 21.3. The van der Waals surface area contributed by atoms with Gasteiger partial charge in [-0.05, 0) is 24.1 Å². The average molecular weight is 353 g/mol. The zero-order valence-electron chi connectivity index (χ0n) is 13.8. The van der Waals surface area contributed by atoms with E-state index in [1.54, 1.807) is 12.1 Å². The Kier molecular flexibility index (Phi) is 4.45. The molecule has 0 bridgehead atoms. The molecule has 1 amide bonds. The Balaban J connectivity index is 2.32. The van der Waals surface area contributed by atoms with Crippen LogP contribution in [0.3, 0.4) is 0 Å². The van der Waals surface area contributed by atoms with Crippen molar-refractivity contribution in [2.75, 3.05) is 6.54 Å². The molecule has 0 aliphatic heterocycles. The number of carboxylic acid groups (broad SMARTS) is 1. The molecular weight excluding hydrogens is 338 g/mol. The van der Waals surface area contributed by atoms with Gasteiger partial charge in [0.2, 0.25) is 0 Å². The number of carbonyl (C=O) groups excluding carboxylic acids is 1. The van der Waals surface area contributed by atoms with Crippen molar-refractivity contribution in [1.82, 2.24) is 5.32 Å². The molecule has 0 saturated heterocycles. The van der Waals surface area contributed by atoms with Crippen molar-refractivity contribution in [1.29, 1.82) is 0 Å². The van der Waals surface area contributed by atoms with E-state index in [2.05, 4.69) is 5.32 Å². The topological polar surface area (TPSA) is 117 Å². The Hall–Kier alpha value is -3.61. The Morgan fingerprint density at radius 3 is 2.58 bits per heavy atom. The number of rotatable bonds is 4. The molecule has 1 heterocycles. The van der Waals surface area contributed by atoms with Gasteiger partial charge in [0.15, 0.2) is 0 Å². The number of hydrogen-bond donors (Lipinski definition) is 3. The lowest BCUT2D eigenvalue weighted by molar-refractivity contribution is -0.135. The zero-order valence-corrected chi connectivity index (χ0v) is 13.8. The number of amides is 1. The Morgan fingerprint density at radius 2 is 1.88 bits per heavy atom. The molecule has 3 aromatic rings. The molecule has 0 fully saturated rings. The minimum absolute atomic E-state index is 0.113. The summed E-state index contributed by atoms with van der Waals surface area (Å²) in [5.74, 6) is -2.94.